The third-order valence-electron chi connectivity index (χ3n) is 5.75. The molecule has 0 bridgehead atoms. The van der Waals surface area contributed by atoms with Gasteiger partial charge in [0.2, 0.25) is 0 Å². The zero-order valence-electron chi connectivity index (χ0n) is 17.4. The number of ether oxygens (including phenoxy) is 2. The van der Waals surface area contributed by atoms with E-state index in [9.17, 15) is 9.59 Å². The number of aryl methyl sites for hydroxylation is 1. The summed E-state index contributed by atoms with van der Waals surface area (Å²) in [7, 11) is 3.30. The molecule has 3 heterocycles. The Morgan fingerprint density at radius 3 is 2.83 bits per heavy atom. The number of rotatable bonds is 6. The highest BCUT2D eigenvalue weighted by Gasteiger charge is 2.31. The maximum atomic E-state index is 12.6. The van der Waals surface area contributed by atoms with Gasteiger partial charge < -0.3 is 19.7 Å². The molecule has 10 heteroatoms. The van der Waals surface area contributed by atoms with Gasteiger partial charge in [0.25, 0.3) is 5.91 Å². The van der Waals surface area contributed by atoms with E-state index in [0.29, 0.717) is 23.8 Å². The van der Waals surface area contributed by atoms with Crippen molar-refractivity contribution in [3.05, 3.63) is 29.2 Å². The van der Waals surface area contributed by atoms with Crippen molar-refractivity contribution in [3.63, 3.8) is 0 Å². The molecule has 1 saturated carbocycles. The molecule has 2 amide bonds. The quantitative estimate of drug-likeness (QED) is 0.747. The molecule has 2 N–H and O–H groups in total. The number of methoxy groups -OCH3 is 1. The van der Waals surface area contributed by atoms with Crippen molar-refractivity contribution in [2.75, 3.05) is 25.5 Å². The van der Waals surface area contributed by atoms with Gasteiger partial charge >= 0.3 is 6.09 Å². The van der Waals surface area contributed by atoms with Crippen molar-refractivity contribution in [1.29, 1.82) is 0 Å². The number of amides is 2. The number of aromatic amines is 1. The van der Waals surface area contributed by atoms with Crippen LogP contribution in [0.25, 0.3) is 0 Å². The summed E-state index contributed by atoms with van der Waals surface area (Å²) >= 11 is 0. The van der Waals surface area contributed by atoms with Crippen LogP contribution in [0.1, 0.15) is 59.9 Å². The number of nitrogens with zero attached hydrogens (tertiary/aromatic N) is 4. The topological polar surface area (TPSA) is 114 Å². The molecule has 2 unspecified atom stereocenters. The molecule has 0 aromatic carbocycles. The van der Waals surface area contributed by atoms with E-state index < -0.39 is 0 Å². The second-order valence-electron chi connectivity index (χ2n) is 7.95. The molecule has 2 aromatic heterocycles. The highest BCUT2D eigenvalue weighted by atomic mass is 16.6. The van der Waals surface area contributed by atoms with E-state index >= 15 is 0 Å². The van der Waals surface area contributed by atoms with Gasteiger partial charge in [-0.25, -0.2) is 4.79 Å². The Balaban J connectivity index is 1.32. The standard InChI is InChI=1S/C20H28N6O4/c1-25-17(10-14(24-25)12-29-2)19(27)21-18-11-16(22-23-18)13-5-6-15(9-13)30-20(28)26-7-3-4-8-26/h10-11,13,15H,3-9,12H2,1-2H3,(H2,21,22,23,27). The first-order chi connectivity index (χ1) is 14.5. The van der Waals surface area contributed by atoms with Crippen LogP contribution in [-0.2, 0) is 23.1 Å². The van der Waals surface area contributed by atoms with Gasteiger partial charge in [0, 0.05) is 44.9 Å². The monoisotopic (exact) mass is 416 g/mol. The van der Waals surface area contributed by atoms with Gasteiger partial charge in [0.05, 0.1) is 12.3 Å². The van der Waals surface area contributed by atoms with Crippen LogP contribution in [0.2, 0.25) is 0 Å². The highest BCUT2D eigenvalue weighted by Crippen LogP contribution is 2.36. The third kappa shape index (κ3) is 4.48. The Morgan fingerprint density at radius 2 is 2.07 bits per heavy atom. The van der Waals surface area contributed by atoms with Gasteiger partial charge in [-0.15, -0.1) is 0 Å². The smallest absolute Gasteiger partial charge is 0.410 e. The third-order valence-corrected chi connectivity index (χ3v) is 5.75. The number of anilines is 1. The van der Waals surface area contributed by atoms with E-state index in [4.69, 9.17) is 9.47 Å². The maximum Gasteiger partial charge on any atom is 0.410 e. The lowest BCUT2D eigenvalue weighted by atomic mass is 10.0. The van der Waals surface area contributed by atoms with Crippen LogP contribution in [0.5, 0.6) is 0 Å². The van der Waals surface area contributed by atoms with Crippen molar-refractivity contribution < 1.29 is 19.1 Å². The van der Waals surface area contributed by atoms with Crippen LogP contribution < -0.4 is 5.32 Å². The van der Waals surface area contributed by atoms with Crippen LogP contribution in [0.15, 0.2) is 12.1 Å². The Bertz CT molecular complexity index is 901. The Labute approximate surface area is 174 Å². The van der Waals surface area contributed by atoms with Crippen LogP contribution in [-0.4, -0.2) is 63.2 Å². The average molecular weight is 416 g/mol. The first-order valence-electron chi connectivity index (χ1n) is 10.4. The minimum atomic E-state index is -0.283. The number of aromatic nitrogens is 4. The fraction of sp³-hybridized carbons (Fsp3) is 0.600. The first-order valence-corrected chi connectivity index (χ1v) is 10.4. The van der Waals surface area contributed by atoms with Gasteiger partial charge in [-0.3, -0.25) is 14.6 Å². The summed E-state index contributed by atoms with van der Waals surface area (Å²) in [4.78, 5) is 26.5. The second-order valence-corrected chi connectivity index (χ2v) is 7.95. The molecule has 2 aromatic rings. The van der Waals surface area contributed by atoms with E-state index in [1.165, 1.54) is 4.68 Å². The Morgan fingerprint density at radius 1 is 1.27 bits per heavy atom. The van der Waals surface area contributed by atoms with Crippen molar-refractivity contribution in [2.45, 2.75) is 50.7 Å². The van der Waals surface area contributed by atoms with E-state index in [2.05, 4.69) is 20.6 Å². The number of carbonyl (C=O) groups excluding carboxylic acids is 2. The van der Waals surface area contributed by atoms with Gasteiger partial charge in [-0.05, 0) is 38.2 Å². The van der Waals surface area contributed by atoms with E-state index in [0.717, 1.165) is 50.9 Å². The minimum absolute atomic E-state index is 0.0712. The molecule has 4 rings (SSSR count). The summed E-state index contributed by atoms with van der Waals surface area (Å²) < 4.78 is 12.3. The zero-order chi connectivity index (χ0) is 21.1. The van der Waals surface area contributed by atoms with E-state index in [-0.39, 0.29) is 24.0 Å². The first kappa shape index (κ1) is 20.4. The second kappa shape index (κ2) is 8.86. The summed E-state index contributed by atoms with van der Waals surface area (Å²) in [6, 6.07) is 3.54. The molecular weight excluding hydrogens is 388 g/mol. The normalized spacial score (nSPS) is 21.2. The largest absolute Gasteiger partial charge is 0.446 e. The lowest BCUT2D eigenvalue weighted by molar-refractivity contribution is 0.0708. The molecule has 1 aliphatic carbocycles. The predicted molar refractivity (Wildman–Crippen MR) is 108 cm³/mol. The van der Waals surface area contributed by atoms with Crippen molar-refractivity contribution >= 4 is 17.8 Å². The van der Waals surface area contributed by atoms with E-state index in [1.807, 2.05) is 6.07 Å². The number of hydrogen-bond acceptors (Lipinski definition) is 6. The molecule has 162 valence electrons. The fourth-order valence-corrected chi connectivity index (χ4v) is 4.19. The minimum Gasteiger partial charge on any atom is -0.446 e. The SMILES string of the molecule is COCc1cc(C(=O)Nc2cc(C3CCC(OC(=O)N4CCCC4)C3)[nH]n2)n(C)n1. The van der Waals surface area contributed by atoms with Crippen molar-refractivity contribution in [2.24, 2.45) is 7.05 Å². The average Bonchev–Trinajstić information content (AvgIpc) is 3.49. The summed E-state index contributed by atoms with van der Waals surface area (Å²) in [5.74, 6) is 0.404. The van der Waals surface area contributed by atoms with Crippen LogP contribution in [0.4, 0.5) is 10.6 Å². The van der Waals surface area contributed by atoms with Gasteiger partial charge in [-0.2, -0.15) is 10.2 Å². The molecule has 1 aliphatic heterocycles. The Kier molecular flexibility index (Phi) is 6.03. The fourth-order valence-electron chi connectivity index (χ4n) is 4.19. The van der Waals surface area contributed by atoms with Gasteiger partial charge in [0.1, 0.15) is 11.8 Å². The summed E-state index contributed by atoms with van der Waals surface area (Å²) in [5.41, 5.74) is 2.06. The van der Waals surface area contributed by atoms with Crippen LogP contribution in [0, 0.1) is 0 Å². The summed E-state index contributed by atoms with van der Waals surface area (Å²) in [6.45, 7) is 1.93. The van der Waals surface area contributed by atoms with Crippen molar-refractivity contribution in [1.82, 2.24) is 24.9 Å². The maximum absolute atomic E-state index is 12.6. The lowest BCUT2D eigenvalue weighted by Gasteiger charge is -2.19. The Hall–Kier alpha value is -2.88. The molecular formula is C20H28N6O4. The molecule has 30 heavy (non-hydrogen) atoms. The number of nitrogens with one attached hydrogen (secondary N) is 2. The molecule has 10 nitrogen and oxygen atoms in total. The summed E-state index contributed by atoms with van der Waals surface area (Å²) in [5, 5.41) is 14.3. The van der Waals surface area contributed by atoms with Crippen LogP contribution in [0.3, 0.4) is 0 Å². The lowest BCUT2D eigenvalue weighted by Crippen LogP contribution is -2.31. The van der Waals surface area contributed by atoms with Gasteiger partial charge in [-0.1, -0.05) is 0 Å². The molecule has 2 atom stereocenters. The predicted octanol–water partition coefficient (Wildman–Crippen LogP) is 2.41. The molecule has 0 spiro atoms. The molecule has 2 fully saturated rings. The van der Waals surface area contributed by atoms with Crippen LogP contribution >= 0.6 is 0 Å². The highest BCUT2D eigenvalue weighted by molar-refractivity contribution is 6.02. The molecule has 0 radical (unpaired) electrons. The molecule has 1 saturated heterocycles. The van der Waals surface area contributed by atoms with Crippen molar-refractivity contribution in [3.8, 4) is 0 Å². The number of carbonyl (C=O) groups is 2. The number of H-pyrrole nitrogens is 1. The summed E-state index contributed by atoms with van der Waals surface area (Å²) in [6.07, 6.45) is 4.35. The molecule has 2 aliphatic rings. The number of hydrogen-bond donors (Lipinski definition) is 2. The zero-order valence-corrected chi connectivity index (χ0v) is 17.4. The van der Waals surface area contributed by atoms with E-state index in [1.54, 1.807) is 25.1 Å². The number of likely N-dealkylation sites (tertiary alicyclic amines) is 1. The van der Waals surface area contributed by atoms with Gasteiger partial charge in [0.15, 0.2) is 5.82 Å².